The van der Waals surface area contributed by atoms with Crippen molar-refractivity contribution in [3.05, 3.63) is 83.3 Å². The zero-order chi connectivity index (χ0) is 22.1. The van der Waals surface area contributed by atoms with Crippen molar-refractivity contribution in [2.75, 3.05) is 4.72 Å². The fraction of sp³-hybridized carbons (Fsp3) is 0.0435. The molecule has 9 heteroatoms. The molecule has 0 saturated carbocycles. The van der Waals surface area contributed by atoms with Crippen LogP contribution in [0.15, 0.2) is 78.3 Å². The van der Waals surface area contributed by atoms with E-state index >= 15 is 0 Å². The van der Waals surface area contributed by atoms with Crippen LogP contribution in [0.25, 0.3) is 32.6 Å². The van der Waals surface area contributed by atoms with Crippen LogP contribution in [0.5, 0.6) is 0 Å². The summed E-state index contributed by atoms with van der Waals surface area (Å²) in [4.78, 5) is 17.6. The molecule has 0 aliphatic rings. The van der Waals surface area contributed by atoms with Gasteiger partial charge in [-0.1, -0.05) is 29.8 Å². The van der Waals surface area contributed by atoms with Crippen LogP contribution in [0.4, 0.5) is 5.82 Å². The number of benzene rings is 2. The zero-order valence-corrected chi connectivity index (χ0v) is 19.2. The third-order valence-electron chi connectivity index (χ3n) is 4.94. The van der Waals surface area contributed by atoms with Crippen LogP contribution in [0.3, 0.4) is 0 Å². The van der Waals surface area contributed by atoms with E-state index in [0.717, 1.165) is 38.2 Å². The van der Waals surface area contributed by atoms with E-state index in [-0.39, 0.29) is 0 Å². The lowest BCUT2D eigenvalue weighted by Crippen LogP contribution is -2.06. The lowest BCUT2D eigenvalue weighted by atomic mass is 9.98. The summed E-state index contributed by atoms with van der Waals surface area (Å²) in [6.45, 7) is 2.06. The summed E-state index contributed by atoms with van der Waals surface area (Å²) in [5, 5.41) is 2.84. The Balaban J connectivity index is 1.49. The van der Waals surface area contributed by atoms with E-state index in [9.17, 15) is 4.21 Å². The number of nitrogens with one attached hydrogen (secondary N) is 1. The number of thiazole rings is 1. The Kier molecular flexibility index (Phi) is 5.65. The number of hydrogen-bond donors (Lipinski definition) is 1. The molecule has 0 spiro atoms. The minimum absolute atomic E-state index is 0.506. The third-order valence-corrected chi connectivity index (χ3v) is 7.18. The highest BCUT2D eigenvalue weighted by Gasteiger charge is 2.13. The van der Waals surface area contributed by atoms with Crippen molar-refractivity contribution >= 4 is 50.5 Å². The number of halogens is 1. The minimum atomic E-state index is -1.45. The van der Waals surface area contributed by atoms with Crippen molar-refractivity contribution in [1.82, 2.24) is 19.9 Å². The van der Waals surface area contributed by atoms with Crippen LogP contribution in [-0.4, -0.2) is 24.1 Å². The topological polar surface area (TPSA) is 80.7 Å². The highest BCUT2D eigenvalue weighted by molar-refractivity contribution is 7.86. The second kappa shape index (κ2) is 8.74. The first-order valence-electron chi connectivity index (χ1n) is 9.64. The van der Waals surface area contributed by atoms with Gasteiger partial charge in [0.15, 0.2) is 11.0 Å². The average molecular weight is 478 g/mol. The molecule has 0 radical (unpaired) electrons. The number of hydrogen-bond acceptors (Lipinski definition) is 6. The van der Waals surface area contributed by atoms with Gasteiger partial charge >= 0.3 is 0 Å². The molecule has 0 saturated heterocycles. The van der Waals surface area contributed by atoms with Crippen LogP contribution in [0.1, 0.15) is 5.56 Å². The van der Waals surface area contributed by atoms with E-state index in [0.29, 0.717) is 15.0 Å². The number of rotatable bonds is 5. The van der Waals surface area contributed by atoms with Crippen molar-refractivity contribution in [2.24, 2.45) is 0 Å². The number of fused-ring (bicyclic) bond motifs is 1. The molecule has 158 valence electrons. The molecule has 0 aliphatic heterocycles. The smallest absolute Gasteiger partial charge is 0.151 e. The lowest BCUT2D eigenvalue weighted by molar-refractivity contribution is 0.686. The summed E-state index contributed by atoms with van der Waals surface area (Å²) < 4.78 is 16.3. The first-order valence-corrected chi connectivity index (χ1v) is 12.0. The second-order valence-electron chi connectivity index (χ2n) is 7.01. The Labute approximate surface area is 196 Å². The first kappa shape index (κ1) is 20.7. The van der Waals surface area contributed by atoms with Crippen molar-refractivity contribution in [2.45, 2.75) is 11.8 Å². The Morgan fingerprint density at radius 3 is 2.66 bits per heavy atom. The Bertz CT molecular complexity index is 1460. The summed E-state index contributed by atoms with van der Waals surface area (Å²) in [5.74, 6) is 0.506. The fourth-order valence-electron chi connectivity index (χ4n) is 3.44. The van der Waals surface area contributed by atoms with Gasteiger partial charge in [-0.3, -0.25) is 9.71 Å². The van der Waals surface area contributed by atoms with E-state index in [4.69, 9.17) is 11.6 Å². The van der Waals surface area contributed by atoms with Gasteiger partial charge in [0.05, 0.1) is 16.8 Å². The summed E-state index contributed by atoms with van der Waals surface area (Å²) >= 11 is 7.49. The summed E-state index contributed by atoms with van der Waals surface area (Å²) in [5.41, 5.74) is 4.03. The fourth-order valence-corrected chi connectivity index (χ4v) is 5.20. The molecule has 3 heterocycles. The van der Waals surface area contributed by atoms with Gasteiger partial charge in [0.25, 0.3) is 0 Å². The van der Waals surface area contributed by atoms with Crippen molar-refractivity contribution in [1.29, 1.82) is 0 Å². The Morgan fingerprint density at radius 1 is 1.00 bits per heavy atom. The van der Waals surface area contributed by atoms with Crippen molar-refractivity contribution < 1.29 is 4.21 Å². The predicted molar refractivity (Wildman–Crippen MR) is 130 cm³/mol. The van der Waals surface area contributed by atoms with E-state index in [2.05, 4.69) is 43.7 Å². The second-order valence-corrected chi connectivity index (χ2v) is 9.88. The number of pyridine rings is 1. The van der Waals surface area contributed by atoms with Gasteiger partial charge in [0.2, 0.25) is 0 Å². The maximum Gasteiger partial charge on any atom is 0.151 e. The van der Waals surface area contributed by atoms with Crippen LogP contribution in [0, 0.1) is 6.92 Å². The largest absolute Gasteiger partial charge is 0.285 e. The molecule has 1 unspecified atom stereocenters. The van der Waals surface area contributed by atoms with E-state index in [1.165, 1.54) is 17.7 Å². The maximum atomic E-state index is 12.8. The molecule has 3 aromatic heterocycles. The monoisotopic (exact) mass is 477 g/mol. The zero-order valence-electron chi connectivity index (χ0n) is 16.8. The number of anilines is 1. The molecule has 2 aromatic carbocycles. The predicted octanol–water partition coefficient (Wildman–Crippen LogP) is 5.91. The standard InChI is InChI=1S/C23H16ClN5OS2/c1-14-10-16(23-27-12-20(24)31-23)2-4-18(14)22-19-5-3-17(11-15(19)6-9-26-22)32(30)29-21-7-8-25-13-28-21/h2-13H,1H3,(H,25,28,29). The molecule has 5 aromatic rings. The molecule has 0 amide bonds. The summed E-state index contributed by atoms with van der Waals surface area (Å²) in [6.07, 6.45) is 6.45. The van der Waals surface area contributed by atoms with E-state index < -0.39 is 11.0 Å². The highest BCUT2D eigenvalue weighted by atomic mass is 35.5. The van der Waals surface area contributed by atoms with Crippen LogP contribution in [-0.2, 0) is 11.0 Å². The van der Waals surface area contributed by atoms with Gasteiger partial charge in [-0.2, -0.15) is 0 Å². The van der Waals surface area contributed by atoms with Crippen LogP contribution < -0.4 is 4.72 Å². The van der Waals surface area contributed by atoms with Crippen molar-refractivity contribution in [3.63, 3.8) is 0 Å². The van der Waals surface area contributed by atoms with Gasteiger partial charge in [-0.15, -0.1) is 11.3 Å². The van der Waals surface area contributed by atoms with Gasteiger partial charge in [0, 0.05) is 28.9 Å². The first-order chi connectivity index (χ1) is 15.6. The van der Waals surface area contributed by atoms with Gasteiger partial charge < -0.3 is 0 Å². The summed E-state index contributed by atoms with van der Waals surface area (Å²) in [6, 6.07) is 15.5. The molecule has 5 rings (SSSR count). The average Bonchev–Trinajstić information content (AvgIpc) is 3.25. The maximum absolute atomic E-state index is 12.8. The van der Waals surface area contributed by atoms with Gasteiger partial charge in [-0.05, 0) is 48.2 Å². The SMILES string of the molecule is Cc1cc(-c2ncc(Cl)s2)ccc1-c1nccc2cc(S(=O)Nc3ccncn3)ccc12. The number of aromatic nitrogens is 4. The molecule has 0 fully saturated rings. The number of aryl methyl sites for hydroxylation is 1. The van der Waals surface area contributed by atoms with E-state index in [1.54, 1.807) is 24.7 Å². The van der Waals surface area contributed by atoms with Crippen LogP contribution >= 0.6 is 22.9 Å². The number of nitrogens with zero attached hydrogens (tertiary/aromatic N) is 4. The molecule has 1 atom stereocenters. The third kappa shape index (κ3) is 4.12. The van der Waals surface area contributed by atoms with Gasteiger partial charge in [0.1, 0.15) is 21.5 Å². The summed E-state index contributed by atoms with van der Waals surface area (Å²) in [7, 11) is -1.45. The van der Waals surface area contributed by atoms with Crippen molar-refractivity contribution in [3.8, 4) is 21.8 Å². The molecule has 6 nitrogen and oxygen atoms in total. The van der Waals surface area contributed by atoms with E-state index in [1.807, 2.05) is 30.3 Å². The minimum Gasteiger partial charge on any atom is -0.285 e. The van der Waals surface area contributed by atoms with Gasteiger partial charge in [-0.25, -0.2) is 19.2 Å². The molecular weight excluding hydrogens is 462 g/mol. The quantitative estimate of drug-likeness (QED) is 0.340. The molecular formula is C23H16ClN5OS2. The Hall–Kier alpha value is -3.20. The molecule has 0 bridgehead atoms. The van der Waals surface area contributed by atoms with Crippen LogP contribution in [0.2, 0.25) is 4.34 Å². The highest BCUT2D eigenvalue weighted by Crippen LogP contribution is 2.34. The molecule has 0 aliphatic carbocycles. The normalized spacial score (nSPS) is 12.1. The Morgan fingerprint density at radius 2 is 1.91 bits per heavy atom. The molecule has 32 heavy (non-hydrogen) atoms. The molecule has 1 N–H and O–H groups in total. The lowest BCUT2D eigenvalue weighted by Gasteiger charge is -2.11.